The lowest BCUT2D eigenvalue weighted by molar-refractivity contribution is 0.0949. The van der Waals surface area contributed by atoms with Crippen LogP contribution in [0.2, 0.25) is 0 Å². The Bertz CT molecular complexity index is 1200. The van der Waals surface area contributed by atoms with Crippen LogP contribution in [0, 0.1) is 5.82 Å². The van der Waals surface area contributed by atoms with Gasteiger partial charge in [0.1, 0.15) is 16.4 Å². The van der Waals surface area contributed by atoms with Gasteiger partial charge in [0.15, 0.2) is 0 Å². The summed E-state index contributed by atoms with van der Waals surface area (Å²) < 4.78 is 39.4. The molecule has 4 rings (SSSR count). The minimum absolute atomic E-state index is 0.0153. The Morgan fingerprint density at radius 3 is 2.61 bits per heavy atom. The molecule has 2 aromatic carbocycles. The van der Waals surface area contributed by atoms with Crippen molar-refractivity contribution in [1.82, 2.24) is 9.29 Å². The Labute approximate surface area is 159 Å². The quantitative estimate of drug-likeness (QED) is 0.707. The SMILES string of the molecule is O=C(NCc1ccc(F)cc1)c1ccc2c(c1)NC(=O)c1cccn1S2(=O)=O. The van der Waals surface area contributed by atoms with Crippen LogP contribution in [-0.4, -0.2) is 24.2 Å². The molecular weight excluding hydrogens is 385 g/mol. The molecule has 2 heterocycles. The van der Waals surface area contributed by atoms with Gasteiger partial charge in [-0.15, -0.1) is 0 Å². The van der Waals surface area contributed by atoms with E-state index in [0.29, 0.717) is 5.56 Å². The Hall–Kier alpha value is -3.46. The summed E-state index contributed by atoms with van der Waals surface area (Å²) in [5.74, 6) is -1.41. The normalized spacial score (nSPS) is 14.4. The van der Waals surface area contributed by atoms with Crippen molar-refractivity contribution in [2.24, 2.45) is 0 Å². The van der Waals surface area contributed by atoms with Crippen molar-refractivity contribution in [3.05, 3.63) is 83.4 Å². The molecule has 1 aliphatic rings. The van der Waals surface area contributed by atoms with E-state index in [1.54, 1.807) is 12.1 Å². The van der Waals surface area contributed by atoms with Gasteiger partial charge < -0.3 is 10.6 Å². The zero-order chi connectivity index (χ0) is 19.9. The molecule has 0 unspecified atom stereocenters. The molecule has 2 N–H and O–H groups in total. The number of hydrogen-bond acceptors (Lipinski definition) is 4. The summed E-state index contributed by atoms with van der Waals surface area (Å²) in [6.07, 6.45) is 1.29. The van der Waals surface area contributed by atoms with Gasteiger partial charge in [0.05, 0.1) is 5.69 Å². The highest BCUT2D eigenvalue weighted by Crippen LogP contribution is 2.29. The lowest BCUT2D eigenvalue weighted by Crippen LogP contribution is -2.23. The lowest BCUT2D eigenvalue weighted by atomic mass is 10.1. The minimum atomic E-state index is -3.96. The number of rotatable bonds is 3. The zero-order valence-electron chi connectivity index (χ0n) is 14.3. The standard InChI is InChI=1S/C19H14FN3O4S/c20-14-6-3-12(4-7-14)11-21-18(24)13-5-8-17-15(10-13)22-19(25)16-2-1-9-23(16)28(17,26)27/h1-10H,11H2,(H,21,24)(H,22,25). The highest BCUT2D eigenvalue weighted by molar-refractivity contribution is 7.90. The molecule has 2 amide bonds. The molecule has 1 aromatic heterocycles. The average molecular weight is 399 g/mol. The lowest BCUT2D eigenvalue weighted by Gasteiger charge is -2.10. The number of fused-ring (bicyclic) bond motifs is 2. The van der Waals surface area contributed by atoms with Crippen molar-refractivity contribution in [3.8, 4) is 0 Å². The van der Waals surface area contributed by atoms with Gasteiger partial charge in [0.2, 0.25) is 0 Å². The maximum Gasteiger partial charge on any atom is 0.273 e. The topological polar surface area (TPSA) is 97.3 Å². The zero-order valence-corrected chi connectivity index (χ0v) is 15.2. The van der Waals surface area contributed by atoms with Gasteiger partial charge in [-0.1, -0.05) is 12.1 Å². The van der Waals surface area contributed by atoms with Gasteiger partial charge >= 0.3 is 0 Å². The van der Waals surface area contributed by atoms with E-state index < -0.39 is 21.8 Å². The number of aromatic nitrogens is 1. The van der Waals surface area contributed by atoms with Crippen LogP contribution in [0.5, 0.6) is 0 Å². The van der Waals surface area contributed by atoms with E-state index in [1.165, 1.54) is 48.7 Å². The van der Waals surface area contributed by atoms with E-state index >= 15 is 0 Å². The Kier molecular flexibility index (Phi) is 4.23. The van der Waals surface area contributed by atoms with Crippen molar-refractivity contribution >= 4 is 27.5 Å². The summed E-state index contributed by atoms with van der Waals surface area (Å²) in [6, 6.07) is 12.5. The average Bonchev–Trinajstić information content (AvgIpc) is 3.15. The number of nitrogens with zero attached hydrogens (tertiary/aromatic N) is 1. The fourth-order valence-corrected chi connectivity index (χ4v) is 4.40. The van der Waals surface area contributed by atoms with E-state index in [2.05, 4.69) is 10.6 Å². The van der Waals surface area contributed by atoms with Gasteiger partial charge in [-0.25, -0.2) is 16.8 Å². The van der Waals surface area contributed by atoms with E-state index in [-0.39, 0.29) is 34.2 Å². The maximum absolute atomic E-state index is 12.9. The molecule has 0 saturated heterocycles. The summed E-state index contributed by atoms with van der Waals surface area (Å²) in [5.41, 5.74) is 0.907. The minimum Gasteiger partial charge on any atom is -0.348 e. The first kappa shape index (κ1) is 17.9. The molecular formula is C19H14FN3O4S. The number of hydrogen-bond donors (Lipinski definition) is 2. The van der Waals surface area contributed by atoms with Crippen LogP contribution in [0.4, 0.5) is 10.1 Å². The van der Waals surface area contributed by atoms with Crippen LogP contribution < -0.4 is 10.6 Å². The molecule has 0 fully saturated rings. The maximum atomic E-state index is 12.9. The van der Waals surface area contributed by atoms with Crippen LogP contribution in [0.3, 0.4) is 0 Å². The first-order valence-corrected chi connectivity index (χ1v) is 9.71. The Morgan fingerprint density at radius 2 is 1.86 bits per heavy atom. The summed E-state index contributed by atoms with van der Waals surface area (Å²) >= 11 is 0. The predicted molar refractivity (Wildman–Crippen MR) is 99.0 cm³/mol. The molecule has 0 spiro atoms. The summed E-state index contributed by atoms with van der Waals surface area (Å²) in [6.45, 7) is 0.173. The molecule has 0 aliphatic carbocycles. The molecule has 3 aromatic rings. The van der Waals surface area contributed by atoms with E-state index in [9.17, 15) is 22.4 Å². The van der Waals surface area contributed by atoms with Gasteiger partial charge in [-0.2, -0.15) is 0 Å². The van der Waals surface area contributed by atoms with Crippen molar-refractivity contribution < 1.29 is 22.4 Å². The molecule has 0 atom stereocenters. The molecule has 28 heavy (non-hydrogen) atoms. The highest BCUT2D eigenvalue weighted by Gasteiger charge is 2.30. The van der Waals surface area contributed by atoms with Crippen LogP contribution in [0.1, 0.15) is 26.4 Å². The van der Waals surface area contributed by atoms with E-state index in [4.69, 9.17) is 0 Å². The molecule has 7 nitrogen and oxygen atoms in total. The largest absolute Gasteiger partial charge is 0.348 e. The fraction of sp³-hybridized carbons (Fsp3) is 0.0526. The molecule has 9 heteroatoms. The van der Waals surface area contributed by atoms with Crippen molar-refractivity contribution in [1.29, 1.82) is 0 Å². The number of carbonyl (C=O) groups is 2. The van der Waals surface area contributed by atoms with Crippen molar-refractivity contribution in [3.63, 3.8) is 0 Å². The monoisotopic (exact) mass is 399 g/mol. The number of anilines is 1. The molecule has 0 saturated carbocycles. The second kappa shape index (κ2) is 6.61. The third-order valence-electron chi connectivity index (χ3n) is 4.34. The van der Waals surface area contributed by atoms with Gasteiger partial charge in [-0.3, -0.25) is 9.59 Å². The number of benzene rings is 2. The highest BCUT2D eigenvalue weighted by atomic mass is 32.2. The van der Waals surface area contributed by atoms with Crippen LogP contribution in [0.25, 0.3) is 0 Å². The number of nitrogens with one attached hydrogen (secondary N) is 2. The first-order valence-electron chi connectivity index (χ1n) is 8.27. The van der Waals surface area contributed by atoms with E-state index in [0.717, 1.165) is 3.97 Å². The van der Waals surface area contributed by atoms with Gasteiger partial charge in [0, 0.05) is 18.3 Å². The first-order chi connectivity index (χ1) is 13.4. The number of halogens is 1. The fourth-order valence-electron chi connectivity index (χ4n) is 2.92. The molecule has 0 radical (unpaired) electrons. The summed E-state index contributed by atoms with van der Waals surface area (Å²) in [7, 11) is -3.96. The third-order valence-corrected chi connectivity index (χ3v) is 6.09. The van der Waals surface area contributed by atoms with E-state index in [1.807, 2.05) is 0 Å². The predicted octanol–water partition coefficient (Wildman–Crippen LogP) is 2.36. The second-order valence-electron chi connectivity index (χ2n) is 6.17. The summed E-state index contributed by atoms with van der Waals surface area (Å²) in [5, 5.41) is 5.21. The Morgan fingerprint density at radius 1 is 1.11 bits per heavy atom. The summed E-state index contributed by atoms with van der Waals surface area (Å²) in [4.78, 5) is 24.6. The molecule has 142 valence electrons. The van der Waals surface area contributed by atoms with Gasteiger partial charge in [-0.05, 0) is 48.0 Å². The second-order valence-corrected chi connectivity index (χ2v) is 7.95. The number of amides is 2. The van der Waals surface area contributed by atoms with Crippen LogP contribution >= 0.6 is 0 Å². The molecule has 0 bridgehead atoms. The van der Waals surface area contributed by atoms with Crippen molar-refractivity contribution in [2.75, 3.05) is 5.32 Å². The molecule has 1 aliphatic heterocycles. The number of carbonyl (C=O) groups excluding carboxylic acids is 2. The van der Waals surface area contributed by atoms with Gasteiger partial charge in [0.25, 0.3) is 21.8 Å². The third kappa shape index (κ3) is 3.05. The smallest absolute Gasteiger partial charge is 0.273 e. The van der Waals surface area contributed by atoms with Crippen LogP contribution in [0.15, 0.2) is 65.7 Å². The van der Waals surface area contributed by atoms with Crippen molar-refractivity contribution in [2.45, 2.75) is 11.4 Å². The Balaban J connectivity index is 1.62. The van der Waals surface area contributed by atoms with Crippen LogP contribution in [-0.2, 0) is 16.6 Å².